The molecule has 160 valence electrons. The van der Waals surface area contributed by atoms with E-state index in [9.17, 15) is 22.8 Å². The molecule has 3 rings (SSSR count). The zero-order valence-corrected chi connectivity index (χ0v) is 16.9. The average molecular weight is 412 g/mol. The second-order valence-electron chi connectivity index (χ2n) is 8.44. The third kappa shape index (κ3) is 3.86. The molecule has 1 saturated carbocycles. The van der Waals surface area contributed by atoms with Gasteiger partial charge in [-0.2, -0.15) is 13.2 Å². The van der Waals surface area contributed by atoms with E-state index in [0.717, 1.165) is 25.7 Å². The molecule has 0 saturated heterocycles. The van der Waals surface area contributed by atoms with E-state index in [-0.39, 0.29) is 30.0 Å². The summed E-state index contributed by atoms with van der Waals surface area (Å²) >= 11 is 0. The van der Waals surface area contributed by atoms with Gasteiger partial charge in [0.2, 0.25) is 5.91 Å². The van der Waals surface area contributed by atoms with E-state index in [1.54, 1.807) is 4.90 Å². The molecule has 0 radical (unpaired) electrons. The van der Waals surface area contributed by atoms with Crippen LogP contribution in [0.15, 0.2) is 12.1 Å². The van der Waals surface area contributed by atoms with E-state index in [1.807, 2.05) is 13.8 Å². The van der Waals surface area contributed by atoms with E-state index in [4.69, 9.17) is 5.73 Å². The van der Waals surface area contributed by atoms with Crippen LogP contribution in [0.5, 0.6) is 0 Å². The molecule has 1 aromatic rings. The van der Waals surface area contributed by atoms with Gasteiger partial charge >= 0.3 is 12.1 Å². The van der Waals surface area contributed by atoms with Crippen molar-refractivity contribution in [3.8, 4) is 0 Å². The topological polar surface area (TPSA) is 72.6 Å². The lowest BCUT2D eigenvalue weighted by Gasteiger charge is -2.40. The molecule has 1 aromatic carbocycles. The minimum atomic E-state index is -4.60. The third-order valence-electron chi connectivity index (χ3n) is 6.47. The summed E-state index contributed by atoms with van der Waals surface area (Å²) in [5, 5.41) is 0. The predicted molar refractivity (Wildman–Crippen MR) is 101 cm³/mol. The molecule has 1 aliphatic carbocycles. The number of carbonyl (C=O) groups excluding carboxylic acids is 2. The molecular weight excluding hydrogens is 385 g/mol. The highest BCUT2D eigenvalue weighted by Crippen LogP contribution is 2.46. The summed E-state index contributed by atoms with van der Waals surface area (Å²) in [7, 11) is 1.14. The first-order valence-corrected chi connectivity index (χ1v) is 9.86. The minimum absolute atomic E-state index is 0.0406. The van der Waals surface area contributed by atoms with Crippen molar-refractivity contribution >= 4 is 11.9 Å². The molecule has 1 fully saturated rings. The van der Waals surface area contributed by atoms with Crippen LogP contribution in [0.25, 0.3) is 0 Å². The molecule has 1 amide bonds. The zero-order valence-electron chi connectivity index (χ0n) is 16.9. The third-order valence-corrected chi connectivity index (χ3v) is 6.47. The number of nitrogens with two attached hydrogens (primary N) is 1. The van der Waals surface area contributed by atoms with Crippen LogP contribution >= 0.6 is 0 Å². The van der Waals surface area contributed by atoms with Crippen LogP contribution in [0.4, 0.5) is 13.2 Å². The van der Waals surface area contributed by atoms with E-state index >= 15 is 0 Å². The fraction of sp³-hybridized carbons (Fsp3) is 0.619. The highest BCUT2D eigenvalue weighted by atomic mass is 19.4. The van der Waals surface area contributed by atoms with Crippen LogP contribution in [-0.2, 0) is 28.7 Å². The largest absolute Gasteiger partial charge is 0.465 e. The predicted octanol–water partition coefficient (Wildman–Crippen LogP) is 3.53. The lowest BCUT2D eigenvalue weighted by Crippen LogP contribution is -2.48. The van der Waals surface area contributed by atoms with E-state index in [1.165, 1.54) is 0 Å². The molecule has 0 bridgehead atoms. The molecule has 2 N–H and O–H groups in total. The fourth-order valence-electron chi connectivity index (χ4n) is 4.72. The summed E-state index contributed by atoms with van der Waals surface area (Å²) in [6, 6.07) is 1.85. The second-order valence-corrected chi connectivity index (χ2v) is 8.44. The van der Waals surface area contributed by atoms with Gasteiger partial charge in [-0.3, -0.25) is 4.79 Å². The molecule has 0 unspecified atom stereocenters. The van der Waals surface area contributed by atoms with Gasteiger partial charge in [-0.15, -0.1) is 0 Å². The van der Waals surface area contributed by atoms with Gasteiger partial charge in [0, 0.05) is 19.1 Å². The van der Waals surface area contributed by atoms with Gasteiger partial charge in [-0.1, -0.05) is 13.8 Å². The van der Waals surface area contributed by atoms with Crippen molar-refractivity contribution in [2.24, 2.45) is 17.1 Å². The van der Waals surface area contributed by atoms with Gasteiger partial charge in [0.15, 0.2) is 0 Å². The maximum Gasteiger partial charge on any atom is 0.416 e. The van der Waals surface area contributed by atoms with Crippen molar-refractivity contribution in [1.29, 1.82) is 0 Å². The van der Waals surface area contributed by atoms with Gasteiger partial charge in [0.1, 0.15) is 0 Å². The quantitative estimate of drug-likeness (QED) is 0.771. The highest BCUT2D eigenvalue weighted by Gasteiger charge is 2.49. The normalized spacial score (nSPS) is 24.6. The second kappa shape index (κ2) is 7.63. The first-order valence-electron chi connectivity index (χ1n) is 9.86. The van der Waals surface area contributed by atoms with E-state index in [2.05, 4.69) is 4.74 Å². The number of methoxy groups -OCH3 is 1. The van der Waals surface area contributed by atoms with Crippen molar-refractivity contribution in [1.82, 2.24) is 4.90 Å². The molecule has 1 heterocycles. The van der Waals surface area contributed by atoms with E-state index in [0.29, 0.717) is 36.9 Å². The van der Waals surface area contributed by atoms with Crippen LogP contribution in [0.1, 0.15) is 60.2 Å². The fourth-order valence-corrected chi connectivity index (χ4v) is 4.72. The Morgan fingerprint density at radius 2 is 2.00 bits per heavy atom. The number of rotatable bonds is 3. The Kier molecular flexibility index (Phi) is 5.69. The summed E-state index contributed by atoms with van der Waals surface area (Å²) in [5.74, 6) is -0.771. The lowest BCUT2D eigenvalue weighted by molar-refractivity contribution is -0.145. The summed E-state index contributed by atoms with van der Waals surface area (Å²) in [6.07, 6.45) is -2.25. The van der Waals surface area contributed by atoms with Crippen molar-refractivity contribution in [3.05, 3.63) is 34.4 Å². The van der Waals surface area contributed by atoms with Crippen LogP contribution in [0.3, 0.4) is 0 Å². The number of hydrogen-bond donors (Lipinski definition) is 1. The van der Waals surface area contributed by atoms with Crippen molar-refractivity contribution in [2.75, 3.05) is 13.7 Å². The van der Waals surface area contributed by atoms with Gasteiger partial charge in [0.25, 0.3) is 0 Å². The Morgan fingerprint density at radius 1 is 1.31 bits per heavy atom. The molecule has 8 heteroatoms. The van der Waals surface area contributed by atoms with Gasteiger partial charge < -0.3 is 15.4 Å². The molecule has 0 spiro atoms. The number of fused-ring (bicyclic) bond motifs is 1. The molecule has 2 atom stereocenters. The number of esters is 1. The van der Waals surface area contributed by atoms with Crippen LogP contribution < -0.4 is 5.73 Å². The number of carbonyl (C=O) groups is 2. The first-order chi connectivity index (χ1) is 13.5. The summed E-state index contributed by atoms with van der Waals surface area (Å²) in [6.45, 7) is 4.38. The number of alkyl halides is 3. The molecule has 29 heavy (non-hydrogen) atoms. The zero-order chi connectivity index (χ0) is 21.6. The average Bonchev–Trinajstić information content (AvgIpc) is 3.07. The Labute approximate surface area is 168 Å². The number of halogens is 3. The van der Waals surface area contributed by atoms with Crippen LogP contribution in [-0.4, -0.2) is 36.5 Å². The SMILES string of the molecule is COC(=O)c1cc(C(F)(F)F)cc2c1CCN(C(=O)[C@@]1(C(C)C)CC[C@@H](N)C1)C2. The van der Waals surface area contributed by atoms with Crippen molar-refractivity contribution in [3.63, 3.8) is 0 Å². The van der Waals surface area contributed by atoms with Crippen LogP contribution in [0.2, 0.25) is 0 Å². The number of ether oxygens (including phenoxy) is 1. The Bertz CT molecular complexity index is 822. The van der Waals surface area contributed by atoms with Crippen molar-refractivity contribution in [2.45, 2.75) is 58.3 Å². The number of amides is 1. The Balaban J connectivity index is 1.97. The highest BCUT2D eigenvalue weighted by molar-refractivity contribution is 5.92. The smallest absolute Gasteiger partial charge is 0.416 e. The first kappa shape index (κ1) is 21.6. The standard InChI is InChI=1S/C21H27F3N2O3/c1-12(2)20(6-4-15(25)10-20)19(28)26-7-5-16-13(11-26)8-14(21(22,23)24)9-17(16)18(27)29-3/h8-9,12,15H,4-7,10-11,25H2,1-3H3/t15-,20+/m1/s1. The number of hydrogen-bond acceptors (Lipinski definition) is 4. The number of benzene rings is 1. The molecule has 1 aliphatic heterocycles. The van der Waals surface area contributed by atoms with E-state index < -0.39 is 23.1 Å². The summed E-state index contributed by atoms with van der Waals surface area (Å²) in [4.78, 5) is 27.1. The molecular formula is C21H27F3N2O3. The molecule has 5 nitrogen and oxygen atoms in total. The minimum Gasteiger partial charge on any atom is -0.465 e. The van der Waals surface area contributed by atoms with Crippen LogP contribution in [0, 0.1) is 11.3 Å². The maximum atomic E-state index is 13.4. The van der Waals surface area contributed by atoms with Gasteiger partial charge in [-0.05, 0) is 54.9 Å². The lowest BCUT2D eigenvalue weighted by atomic mass is 9.73. The molecule has 2 aliphatic rings. The monoisotopic (exact) mass is 412 g/mol. The Morgan fingerprint density at radius 3 is 2.52 bits per heavy atom. The van der Waals surface area contributed by atoms with Crippen molar-refractivity contribution < 1.29 is 27.5 Å². The number of nitrogens with zero attached hydrogens (tertiary/aromatic N) is 1. The van der Waals surface area contributed by atoms with Gasteiger partial charge in [0.05, 0.1) is 23.7 Å². The summed E-state index contributed by atoms with van der Waals surface area (Å²) < 4.78 is 44.8. The van der Waals surface area contributed by atoms with Gasteiger partial charge in [-0.25, -0.2) is 4.79 Å². The molecule has 0 aromatic heterocycles. The summed E-state index contributed by atoms with van der Waals surface area (Å²) in [5.41, 5.74) is 5.39. The Hall–Kier alpha value is -2.09. The maximum absolute atomic E-state index is 13.4.